The molecule has 18 heavy (non-hydrogen) atoms. The third-order valence-electron chi connectivity index (χ3n) is 2.02. The standard InChI is InChI=1S/C12H18N2O4/c1-3-4-5-6-13-12(18)14-10(15)7-9(2)8-11(16)17/h9H,5-8H2,1-2H3,(H,16,17)(H2,13,14,15,18). The van der Waals surface area contributed by atoms with Gasteiger partial charge in [0.25, 0.3) is 0 Å². The molecule has 0 aromatic heterocycles. The Kier molecular flexibility index (Phi) is 8.03. The summed E-state index contributed by atoms with van der Waals surface area (Å²) in [7, 11) is 0. The normalized spacial score (nSPS) is 10.8. The molecular weight excluding hydrogens is 236 g/mol. The predicted molar refractivity (Wildman–Crippen MR) is 65.6 cm³/mol. The molecule has 0 spiro atoms. The van der Waals surface area contributed by atoms with Gasteiger partial charge in [-0.05, 0) is 12.8 Å². The van der Waals surface area contributed by atoms with Gasteiger partial charge in [-0.2, -0.15) is 0 Å². The van der Waals surface area contributed by atoms with Crippen molar-refractivity contribution < 1.29 is 19.5 Å². The van der Waals surface area contributed by atoms with E-state index in [2.05, 4.69) is 22.5 Å². The predicted octanol–water partition coefficient (Wildman–Crippen LogP) is 0.726. The van der Waals surface area contributed by atoms with Crippen LogP contribution in [0.2, 0.25) is 0 Å². The molecule has 0 rings (SSSR count). The van der Waals surface area contributed by atoms with Crippen molar-refractivity contribution in [3.63, 3.8) is 0 Å². The van der Waals surface area contributed by atoms with Crippen molar-refractivity contribution in [3.05, 3.63) is 0 Å². The zero-order valence-electron chi connectivity index (χ0n) is 10.6. The van der Waals surface area contributed by atoms with E-state index in [4.69, 9.17) is 5.11 Å². The van der Waals surface area contributed by atoms with Gasteiger partial charge in [0.15, 0.2) is 0 Å². The second-order valence-electron chi connectivity index (χ2n) is 3.89. The lowest BCUT2D eigenvalue weighted by Crippen LogP contribution is -2.40. The lowest BCUT2D eigenvalue weighted by Gasteiger charge is -2.09. The van der Waals surface area contributed by atoms with Crippen molar-refractivity contribution in [2.45, 2.75) is 33.1 Å². The van der Waals surface area contributed by atoms with Crippen LogP contribution in [-0.4, -0.2) is 29.6 Å². The summed E-state index contributed by atoms with van der Waals surface area (Å²) in [6.07, 6.45) is 0.434. The zero-order chi connectivity index (χ0) is 14.0. The number of amides is 3. The highest BCUT2D eigenvalue weighted by molar-refractivity contribution is 5.94. The molecule has 3 amide bonds. The number of carboxylic acids is 1. The second kappa shape index (κ2) is 9.05. The maximum absolute atomic E-state index is 11.3. The van der Waals surface area contributed by atoms with Crippen LogP contribution in [0.1, 0.15) is 33.1 Å². The molecule has 100 valence electrons. The highest BCUT2D eigenvalue weighted by atomic mass is 16.4. The maximum Gasteiger partial charge on any atom is 0.321 e. The summed E-state index contributed by atoms with van der Waals surface area (Å²) in [5, 5.41) is 13.1. The molecule has 0 bridgehead atoms. The van der Waals surface area contributed by atoms with Crippen molar-refractivity contribution in [1.82, 2.24) is 10.6 Å². The summed E-state index contributed by atoms with van der Waals surface area (Å²) in [6, 6.07) is -0.583. The summed E-state index contributed by atoms with van der Waals surface area (Å²) in [5.41, 5.74) is 0. The number of imide groups is 1. The van der Waals surface area contributed by atoms with Crippen LogP contribution in [0.3, 0.4) is 0 Å². The number of hydrogen-bond donors (Lipinski definition) is 3. The highest BCUT2D eigenvalue weighted by Gasteiger charge is 2.14. The van der Waals surface area contributed by atoms with Crippen molar-refractivity contribution in [2.24, 2.45) is 5.92 Å². The molecule has 0 aliphatic heterocycles. The molecule has 1 unspecified atom stereocenters. The van der Waals surface area contributed by atoms with Crippen LogP contribution in [0, 0.1) is 17.8 Å². The van der Waals surface area contributed by atoms with E-state index in [1.165, 1.54) is 0 Å². The molecule has 3 N–H and O–H groups in total. The minimum atomic E-state index is -0.960. The van der Waals surface area contributed by atoms with Gasteiger partial charge < -0.3 is 10.4 Å². The SMILES string of the molecule is CC#CCCNC(=O)NC(=O)CC(C)CC(=O)O. The van der Waals surface area contributed by atoms with Gasteiger partial charge in [0.2, 0.25) is 5.91 Å². The van der Waals surface area contributed by atoms with E-state index in [0.29, 0.717) is 13.0 Å². The van der Waals surface area contributed by atoms with E-state index in [1.807, 2.05) is 0 Å². The third kappa shape index (κ3) is 9.21. The fraction of sp³-hybridized carbons (Fsp3) is 0.583. The average Bonchev–Trinajstić information content (AvgIpc) is 2.22. The summed E-state index contributed by atoms with van der Waals surface area (Å²) in [5.74, 6) is 3.70. The molecule has 0 aliphatic carbocycles. The summed E-state index contributed by atoms with van der Waals surface area (Å²) in [6.45, 7) is 3.71. The largest absolute Gasteiger partial charge is 0.481 e. The molecule has 0 aromatic rings. The minimum Gasteiger partial charge on any atom is -0.481 e. The Labute approximate surface area is 106 Å². The first-order chi connectivity index (χ1) is 8.45. The Morgan fingerprint density at radius 1 is 1.28 bits per heavy atom. The fourth-order valence-electron chi connectivity index (χ4n) is 1.27. The van der Waals surface area contributed by atoms with Crippen LogP contribution in [-0.2, 0) is 9.59 Å². The van der Waals surface area contributed by atoms with Gasteiger partial charge in [-0.25, -0.2) is 4.79 Å². The molecule has 6 nitrogen and oxygen atoms in total. The number of carbonyl (C=O) groups excluding carboxylic acids is 2. The van der Waals surface area contributed by atoms with E-state index >= 15 is 0 Å². The topological polar surface area (TPSA) is 95.5 Å². The molecular formula is C12H18N2O4. The Morgan fingerprint density at radius 2 is 1.94 bits per heavy atom. The second-order valence-corrected chi connectivity index (χ2v) is 3.89. The van der Waals surface area contributed by atoms with Crippen molar-refractivity contribution in [2.75, 3.05) is 6.54 Å². The number of rotatable bonds is 6. The van der Waals surface area contributed by atoms with Gasteiger partial charge in [-0.1, -0.05) is 6.92 Å². The first-order valence-electron chi connectivity index (χ1n) is 5.64. The summed E-state index contributed by atoms with van der Waals surface area (Å²) < 4.78 is 0. The van der Waals surface area contributed by atoms with E-state index in [0.717, 1.165) is 0 Å². The van der Waals surface area contributed by atoms with Crippen LogP contribution in [0.25, 0.3) is 0 Å². The van der Waals surface area contributed by atoms with Gasteiger partial charge in [-0.15, -0.1) is 11.8 Å². The molecule has 0 fully saturated rings. The Hall–Kier alpha value is -2.03. The van der Waals surface area contributed by atoms with Gasteiger partial charge in [0.1, 0.15) is 0 Å². The van der Waals surface area contributed by atoms with E-state index in [-0.39, 0.29) is 18.8 Å². The average molecular weight is 254 g/mol. The number of urea groups is 1. The van der Waals surface area contributed by atoms with Crippen LogP contribution in [0.15, 0.2) is 0 Å². The van der Waals surface area contributed by atoms with Crippen molar-refractivity contribution in [1.29, 1.82) is 0 Å². The number of carbonyl (C=O) groups is 3. The number of hydrogen-bond acceptors (Lipinski definition) is 3. The van der Waals surface area contributed by atoms with Crippen molar-refractivity contribution >= 4 is 17.9 Å². The number of carboxylic acid groups (broad SMARTS) is 1. The quantitative estimate of drug-likeness (QED) is 0.481. The molecule has 1 atom stereocenters. The van der Waals surface area contributed by atoms with Gasteiger partial charge in [-0.3, -0.25) is 14.9 Å². The van der Waals surface area contributed by atoms with Crippen LogP contribution < -0.4 is 10.6 Å². The van der Waals surface area contributed by atoms with Crippen LogP contribution in [0.5, 0.6) is 0 Å². The fourth-order valence-corrected chi connectivity index (χ4v) is 1.27. The molecule has 0 saturated heterocycles. The molecule has 6 heteroatoms. The van der Waals surface area contributed by atoms with Gasteiger partial charge >= 0.3 is 12.0 Å². The zero-order valence-corrected chi connectivity index (χ0v) is 10.6. The molecule has 0 heterocycles. The number of nitrogens with one attached hydrogen (secondary N) is 2. The molecule has 0 aliphatic rings. The minimum absolute atomic E-state index is 0.00842. The third-order valence-corrected chi connectivity index (χ3v) is 2.02. The Bertz CT molecular complexity index is 368. The van der Waals surface area contributed by atoms with Crippen LogP contribution in [0.4, 0.5) is 4.79 Å². The van der Waals surface area contributed by atoms with Gasteiger partial charge in [0, 0.05) is 25.8 Å². The summed E-state index contributed by atoms with van der Waals surface area (Å²) in [4.78, 5) is 32.9. The van der Waals surface area contributed by atoms with E-state index in [9.17, 15) is 14.4 Å². The lowest BCUT2D eigenvalue weighted by atomic mass is 10.0. The van der Waals surface area contributed by atoms with Crippen LogP contribution >= 0.6 is 0 Å². The Morgan fingerprint density at radius 3 is 2.50 bits per heavy atom. The highest BCUT2D eigenvalue weighted by Crippen LogP contribution is 2.06. The maximum atomic E-state index is 11.3. The first kappa shape index (κ1) is 16.0. The van der Waals surface area contributed by atoms with E-state index in [1.54, 1.807) is 13.8 Å². The number of aliphatic carboxylic acids is 1. The smallest absolute Gasteiger partial charge is 0.321 e. The molecule has 0 aromatic carbocycles. The Balaban J connectivity index is 3.82. The summed E-state index contributed by atoms with van der Waals surface area (Å²) >= 11 is 0. The first-order valence-corrected chi connectivity index (χ1v) is 5.64. The molecule has 0 radical (unpaired) electrons. The van der Waals surface area contributed by atoms with Crippen molar-refractivity contribution in [3.8, 4) is 11.8 Å². The monoisotopic (exact) mass is 254 g/mol. The lowest BCUT2D eigenvalue weighted by molar-refractivity contribution is -0.138. The van der Waals surface area contributed by atoms with Gasteiger partial charge in [0.05, 0.1) is 0 Å². The molecule has 0 saturated carbocycles. The van der Waals surface area contributed by atoms with E-state index < -0.39 is 17.9 Å².